The van der Waals surface area contributed by atoms with Gasteiger partial charge in [-0.3, -0.25) is 4.79 Å². The summed E-state index contributed by atoms with van der Waals surface area (Å²) in [5.41, 5.74) is 0.587. The molecule has 0 aliphatic heterocycles. The van der Waals surface area contributed by atoms with Crippen molar-refractivity contribution in [2.45, 2.75) is 0 Å². The van der Waals surface area contributed by atoms with Crippen molar-refractivity contribution >= 4 is 67.8 Å². The average molecular weight is 410 g/mol. The van der Waals surface area contributed by atoms with Crippen LogP contribution in [0.5, 0.6) is 0 Å². The van der Waals surface area contributed by atoms with Crippen LogP contribution in [0.1, 0.15) is 0 Å². The molecule has 2 aromatic rings. The molecule has 0 aromatic carbocycles. The Bertz CT molecular complexity index is 643. The topological polar surface area (TPSA) is 53.7 Å². The molecule has 0 bridgehead atoms. The number of anilines is 1. The Morgan fingerprint density at radius 1 is 1.43 bits per heavy atom. The van der Waals surface area contributed by atoms with Gasteiger partial charge >= 0.3 is 0 Å². The SMILES string of the molecule is O=c1cc(N(CCS)CCSCCO)oc2c(Br)csc12. The lowest BCUT2D eigenvalue weighted by atomic mass is 10.4. The lowest BCUT2D eigenvalue weighted by Gasteiger charge is -2.22. The third kappa shape index (κ3) is 4.41. The number of thioether (sulfide) groups is 1. The molecule has 21 heavy (non-hydrogen) atoms. The van der Waals surface area contributed by atoms with E-state index >= 15 is 0 Å². The number of aliphatic hydroxyl groups is 1. The number of aliphatic hydroxyl groups excluding tert-OH is 1. The molecule has 1 N–H and O–H groups in total. The van der Waals surface area contributed by atoms with Crippen LogP contribution < -0.4 is 10.3 Å². The van der Waals surface area contributed by atoms with Gasteiger partial charge in [-0.05, 0) is 15.9 Å². The van der Waals surface area contributed by atoms with Crippen molar-refractivity contribution in [2.75, 3.05) is 41.9 Å². The van der Waals surface area contributed by atoms with Gasteiger partial charge in [-0.2, -0.15) is 24.4 Å². The van der Waals surface area contributed by atoms with Gasteiger partial charge in [0.2, 0.25) is 5.43 Å². The number of hydrogen-bond acceptors (Lipinski definition) is 7. The molecule has 0 unspecified atom stereocenters. The van der Waals surface area contributed by atoms with E-state index < -0.39 is 0 Å². The van der Waals surface area contributed by atoms with E-state index in [2.05, 4.69) is 28.6 Å². The minimum atomic E-state index is -0.0193. The van der Waals surface area contributed by atoms with E-state index in [0.29, 0.717) is 34.2 Å². The van der Waals surface area contributed by atoms with Gasteiger partial charge in [-0.15, -0.1) is 11.3 Å². The number of rotatable bonds is 8. The van der Waals surface area contributed by atoms with E-state index in [9.17, 15) is 4.79 Å². The first kappa shape index (κ1) is 17.2. The zero-order valence-electron chi connectivity index (χ0n) is 11.2. The predicted octanol–water partition coefficient (Wildman–Crippen LogP) is 3.08. The minimum Gasteiger partial charge on any atom is -0.438 e. The smallest absolute Gasteiger partial charge is 0.204 e. The molecule has 0 aliphatic rings. The lowest BCUT2D eigenvalue weighted by molar-refractivity contribution is 0.322. The summed E-state index contributed by atoms with van der Waals surface area (Å²) in [6, 6.07) is 1.55. The number of thiophene rings is 1. The van der Waals surface area contributed by atoms with Crippen LogP contribution in [-0.4, -0.2) is 42.1 Å². The van der Waals surface area contributed by atoms with Gasteiger partial charge in [-0.25, -0.2) is 0 Å². The van der Waals surface area contributed by atoms with Crippen LogP contribution in [0.2, 0.25) is 0 Å². The summed E-state index contributed by atoms with van der Waals surface area (Å²) in [7, 11) is 0. The highest BCUT2D eigenvalue weighted by Crippen LogP contribution is 2.30. The Morgan fingerprint density at radius 2 is 2.24 bits per heavy atom. The highest BCUT2D eigenvalue weighted by molar-refractivity contribution is 9.10. The molecule has 0 atom stereocenters. The van der Waals surface area contributed by atoms with Crippen LogP contribution in [0.15, 0.2) is 25.1 Å². The Hall–Kier alpha value is -0.150. The molecule has 2 heterocycles. The van der Waals surface area contributed by atoms with Gasteiger partial charge in [0.15, 0.2) is 11.5 Å². The van der Waals surface area contributed by atoms with Crippen molar-refractivity contribution in [1.29, 1.82) is 0 Å². The van der Waals surface area contributed by atoms with E-state index in [0.717, 1.165) is 16.8 Å². The molecule has 2 rings (SSSR count). The maximum Gasteiger partial charge on any atom is 0.204 e. The number of thiol groups is 1. The Morgan fingerprint density at radius 3 is 2.95 bits per heavy atom. The first-order valence-corrected chi connectivity index (χ1v) is 9.88. The quantitative estimate of drug-likeness (QED) is 0.518. The third-order valence-corrected chi connectivity index (χ3v) is 5.82. The highest BCUT2D eigenvalue weighted by atomic mass is 79.9. The van der Waals surface area contributed by atoms with Crippen molar-refractivity contribution in [3.63, 3.8) is 0 Å². The molecule has 0 radical (unpaired) electrons. The van der Waals surface area contributed by atoms with Gasteiger partial charge < -0.3 is 14.4 Å². The summed E-state index contributed by atoms with van der Waals surface area (Å²) in [6.45, 7) is 1.64. The Kier molecular flexibility index (Phi) is 6.94. The van der Waals surface area contributed by atoms with Gasteiger partial charge in [0, 0.05) is 41.8 Å². The second-order valence-corrected chi connectivity index (χ2v) is 7.64. The van der Waals surface area contributed by atoms with Crippen molar-refractivity contribution in [3.05, 3.63) is 26.1 Å². The maximum absolute atomic E-state index is 12.1. The van der Waals surface area contributed by atoms with Gasteiger partial charge in [-0.1, -0.05) is 0 Å². The fourth-order valence-corrected chi connectivity index (χ4v) is 4.23. The normalized spacial score (nSPS) is 11.2. The summed E-state index contributed by atoms with van der Waals surface area (Å²) in [4.78, 5) is 14.2. The van der Waals surface area contributed by atoms with E-state index in [1.807, 2.05) is 10.3 Å². The highest BCUT2D eigenvalue weighted by Gasteiger charge is 2.14. The molecule has 2 aromatic heterocycles. The Labute approximate surface area is 145 Å². The predicted molar refractivity (Wildman–Crippen MR) is 98.5 cm³/mol. The summed E-state index contributed by atoms with van der Waals surface area (Å²) < 4.78 is 7.32. The maximum atomic E-state index is 12.1. The average Bonchev–Trinajstić information content (AvgIpc) is 2.84. The molecule has 0 saturated heterocycles. The van der Waals surface area contributed by atoms with E-state index in [-0.39, 0.29) is 12.0 Å². The second kappa shape index (κ2) is 8.47. The first-order chi connectivity index (χ1) is 10.2. The zero-order valence-corrected chi connectivity index (χ0v) is 15.4. The van der Waals surface area contributed by atoms with Gasteiger partial charge in [0.05, 0.1) is 11.1 Å². The molecule has 8 heteroatoms. The molecule has 0 saturated carbocycles. The first-order valence-electron chi connectivity index (χ1n) is 6.42. The largest absolute Gasteiger partial charge is 0.438 e. The number of halogens is 1. The van der Waals surface area contributed by atoms with Crippen LogP contribution in [0.3, 0.4) is 0 Å². The molecular formula is C13H16BrNO3S3. The van der Waals surface area contributed by atoms with Crippen LogP contribution in [-0.2, 0) is 0 Å². The number of fused-ring (bicyclic) bond motifs is 1. The van der Waals surface area contributed by atoms with Crippen molar-refractivity contribution in [2.24, 2.45) is 0 Å². The third-order valence-electron chi connectivity index (χ3n) is 2.81. The van der Waals surface area contributed by atoms with Crippen molar-refractivity contribution in [3.8, 4) is 0 Å². The lowest BCUT2D eigenvalue weighted by Crippen LogP contribution is -2.29. The fourth-order valence-electron chi connectivity index (χ4n) is 1.85. The molecular weight excluding hydrogens is 394 g/mol. The molecule has 0 aliphatic carbocycles. The van der Waals surface area contributed by atoms with Crippen LogP contribution in [0.4, 0.5) is 5.88 Å². The Balaban J connectivity index is 2.22. The molecule has 0 fully saturated rings. The zero-order chi connectivity index (χ0) is 15.2. The molecule has 116 valence electrons. The van der Waals surface area contributed by atoms with Crippen molar-refractivity contribution < 1.29 is 9.52 Å². The standard InChI is InChI=1S/C13H16BrNO3S3/c14-9-8-21-13-10(17)7-11(18-12(9)13)15(1-4-19)2-5-20-6-3-16/h7-8,16,19H,1-6H2. The van der Waals surface area contributed by atoms with Crippen LogP contribution in [0, 0.1) is 0 Å². The van der Waals surface area contributed by atoms with E-state index in [1.165, 1.54) is 11.3 Å². The number of nitrogens with zero attached hydrogens (tertiary/aromatic N) is 1. The minimum absolute atomic E-state index is 0.0193. The second-order valence-electron chi connectivity index (χ2n) is 4.24. The van der Waals surface area contributed by atoms with Crippen molar-refractivity contribution in [1.82, 2.24) is 0 Å². The van der Waals surface area contributed by atoms with Crippen LogP contribution >= 0.6 is 51.7 Å². The van der Waals surface area contributed by atoms with E-state index in [1.54, 1.807) is 17.8 Å². The summed E-state index contributed by atoms with van der Waals surface area (Å²) >= 11 is 10.7. The summed E-state index contributed by atoms with van der Waals surface area (Å²) in [5.74, 6) is 2.83. The monoisotopic (exact) mass is 409 g/mol. The fraction of sp³-hybridized carbons (Fsp3) is 0.462. The van der Waals surface area contributed by atoms with E-state index in [4.69, 9.17) is 9.52 Å². The molecule has 0 amide bonds. The summed E-state index contributed by atoms with van der Waals surface area (Å²) in [6.07, 6.45) is 0. The van der Waals surface area contributed by atoms with Gasteiger partial charge in [0.1, 0.15) is 4.70 Å². The number of hydrogen-bond donors (Lipinski definition) is 2. The molecule has 0 spiro atoms. The summed E-state index contributed by atoms with van der Waals surface area (Å²) in [5, 5.41) is 10.7. The van der Waals surface area contributed by atoms with Gasteiger partial charge in [0.25, 0.3) is 0 Å². The van der Waals surface area contributed by atoms with Crippen LogP contribution in [0.25, 0.3) is 10.3 Å². The molecule has 4 nitrogen and oxygen atoms in total.